The van der Waals surface area contributed by atoms with E-state index in [9.17, 15) is 9.59 Å². The number of anilines is 2. The molecule has 6 nitrogen and oxygen atoms in total. The van der Waals surface area contributed by atoms with Crippen molar-refractivity contribution in [3.05, 3.63) is 52.5 Å². The molecule has 2 heterocycles. The van der Waals surface area contributed by atoms with Crippen LogP contribution in [0.25, 0.3) is 10.7 Å². The summed E-state index contributed by atoms with van der Waals surface area (Å²) >= 11 is 2.97. The van der Waals surface area contributed by atoms with Gasteiger partial charge in [0, 0.05) is 18.3 Å². The summed E-state index contributed by atoms with van der Waals surface area (Å²) in [6.45, 7) is 5.11. The van der Waals surface area contributed by atoms with Crippen LogP contribution < -0.4 is 10.6 Å². The molecular formula is C20H20N4O2S2. The molecule has 3 rings (SSSR count). The lowest BCUT2D eigenvalue weighted by atomic mass is 10.1. The van der Waals surface area contributed by atoms with Crippen molar-refractivity contribution in [2.45, 2.75) is 25.8 Å². The van der Waals surface area contributed by atoms with Gasteiger partial charge in [0.2, 0.25) is 5.91 Å². The number of hydrogen-bond acceptors (Lipinski definition) is 6. The van der Waals surface area contributed by atoms with Gasteiger partial charge in [-0.25, -0.2) is 9.97 Å². The van der Waals surface area contributed by atoms with E-state index >= 15 is 0 Å². The van der Waals surface area contributed by atoms with Crippen LogP contribution >= 0.6 is 23.1 Å². The van der Waals surface area contributed by atoms with E-state index in [1.807, 2.05) is 37.6 Å². The molecule has 2 aromatic heterocycles. The number of carbonyl (C=O) groups excluding carboxylic acids is 2. The quantitative estimate of drug-likeness (QED) is 0.466. The molecule has 0 atom stereocenters. The average Bonchev–Trinajstić information content (AvgIpc) is 3.18. The second kappa shape index (κ2) is 8.53. The highest BCUT2D eigenvalue weighted by atomic mass is 32.2. The molecule has 0 unspecified atom stereocenters. The Labute approximate surface area is 171 Å². The molecule has 0 aliphatic heterocycles. The molecule has 0 spiro atoms. The Hall–Kier alpha value is -2.71. The van der Waals surface area contributed by atoms with Crippen molar-refractivity contribution in [1.82, 2.24) is 9.97 Å². The van der Waals surface area contributed by atoms with Crippen LogP contribution in [0.15, 0.2) is 40.7 Å². The molecule has 0 aliphatic rings. The Balaban J connectivity index is 1.94. The van der Waals surface area contributed by atoms with Crippen molar-refractivity contribution in [3.63, 3.8) is 0 Å². The topological polar surface area (TPSA) is 84.0 Å². The number of nitrogens with one attached hydrogen (secondary N) is 2. The summed E-state index contributed by atoms with van der Waals surface area (Å²) in [6.07, 6.45) is 1.89. The van der Waals surface area contributed by atoms with E-state index in [1.54, 1.807) is 29.5 Å². The number of thioether (sulfide) groups is 1. The third-order valence-corrected chi connectivity index (χ3v) is 5.66. The third kappa shape index (κ3) is 4.23. The SMILES string of the molecule is CSc1nc(-c2cccs2)nc(C)c1C(=O)Nc1cccc(NC(C)=O)c1C. The van der Waals surface area contributed by atoms with Crippen LogP contribution in [0.3, 0.4) is 0 Å². The van der Waals surface area contributed by atoms with E-state index < -0.39 is 0 Å². The fraction of sp³-hybridized carbons (Fsp3) is 0.200. The highest BCUT2D eigenvalue weighted by Gasteiger charge is 2.20. The van der Waals surface area contributed by atoms with Gasteiger partial charge in [-0.2, -0.15) is 0 Å². The lowest BCUT2D eigenvalue weighted by Crippen LogP contribution is -2.18. The van der Waals surface area contributed by atoms with Crippen LogP contribution in [-0.2, 0) is 4.79 Å². The summed E-state index contributed by atoms with van der Waals surface area (Å²) in [6, 6.07) is 9.28. The first-order valence-electron chi connectivity index (χ1n) is 8.55. The van der Waals surface area contributed by atoms with E-state index in [0.717, 1.165) is 10.4 Å². The molecule has 0 bridgehead atoms. The molecule has 0 radical (unpaired) electrons. The van der Waals surface area contributed by atoms with E-state index in [2.05, 4.69) is 20.6 Å². The maximum atomic E-state index is 13.0. The standard InChI is InChI=1S/C20H20N4O2S2/c1-11-14(22-13(3)25)7-5-8-15(11)23-19(26)17-12(2)21-18(24-20(17)27-4)16-9-6-10-28-16/h5-10H,1-4H3,(H,22,25)(H,23,26). The normalized spacial score (nSPS) is 10.6. The number of rotatable bonds is 5. The van der Waals surface area contributed by atoms with Crippen LogP contribution in [-0.4, -0.2) is 28.0 Å². The molecule has 144 valence electrons. The number of benzene rings is 1. The summed E-state index contributed by atoms with van der Waals surface area (Å²) in [5, 5.41) is 8.29. The highest BCUT2D eigenvalue weighted by molar-refractivity contribution is 7.98. The lowest BCUT2D eigenvalue weighted by molar-refractivity contribution is -0.114. The fourth-order valence-electron chi connectivity index (χ4n) is 2.75. The molecule has 1 aromatic carbocycles. The molecule has 0 saturated heterocycles. The molecule has 2 N–H and O–H groups in total. The Kier molecular flexibility index (Phi) is 6.11. The molecule has 2 amide bonds. The van der Waals surface area contributed by atoms with Crippen molar-refractivity contribution in [2.24, 2.45) is 0 Å². The first kappa shape index (κ1) is 20.0. The van der Waals surface area contributed by atoms with Gasteiger partial charge >= 0.3 is 0 Å². The summed E-state index contributed by atoms with van der Waals surface area (Å²) in [7, 11) is 0. The molecule has 8 heteroatoms. The van der Waals surface area contributed by atoms with Crippen LogP contribution in [0.4, 0.5) is 11.4 Å². The Bertz CT molecular complexity index is 1030. The minimum absolute atomic E-state index is 0.162. The number of carbonyl (C=O) groups is 2. The predicted octanol–water partition coefficient (Wildman–Crippen LogP) is 4.75. The molecular weight excluding hydrogens is 392 g/mol. The zero-order valence-corrected chi connectivity index (χ0v) is 17.6. The zero-order valence-electron chi connectivity index (χ0n) is 16.0. The average molecular weight is 413 g/mol. The largest absolute Gasteiger partial charge is 0.326 e. The van der Waals surface area contributed by atoms with Gasteiger partial charge in [0.1, 0.15) is 5.03 Å². The molecule has 0 aliphatic carbocycles. The minimum Gasteiger partial charge on any atom is -0.326 e. The van der Waals surface area contributed by atoms with Crippen molar-refractivity contribution < 1.29 is 9.59 Å². The molecule has 28 heavy (non-hydrogen) atoms. The van der Waals surface area contributed by atoms with Crippen molar-refractivity contribution >= 4 is 46.3 Å². The van der Waals surface area contributed by atoms with Crippen LogP contribution in [0.5, 0.6) is 0 Å². The van der Waals surface area contributed by atoms with Gasteiger partial charge < -0.3 is 10.6 Å². The Morgan fingerprint density at radius 3 is 2.36 bits per heavy atom. The van der Waals surface area contributed by atoms with Crippen molar-refractivity contribution in [2.75, 3.05) is 16.9 Å². The second-order valence-electron chi connectivity index (χ2n) is 6.11. The van der Waals surface area contributed by atoms with Gasteiger partial charge in [0.15, 0.2) is 5.82 Å². The third-order valence-electron chi connectivity index (χ3n) is 4.11. The maximum Gasteiger partial charge on any atom is 0.260 e. The lowest BCUT2D eigenvalue weighted by Gasteiger charge is -2.15. The van der Waals surface area contributed by atoms with E-state index in [4.69, 9.17) is 0 Å². The first-order valence-corrected chi connectivity index (χ1v) is 10.7. The number of aromatic nitrogens is 2. The number of amides is 2. The summed E-state index contributed by atoms with van der Waals surface area (Å²) in [4.78, 5) is 34.4. The highest BCUT2D eigenvalue weighted by Crippen LogP contribution is 2.29. The van der Waals surface area contributed by atoms with Crippen molar-refractivity contribution in [1.29, 1.82) is 0 Å². The number of aryl methyl sites for hydroxylation is 1. The molecule has 0 saturated carbocycles. The molecule has 0 fully saturated rings. The minimum atomic E-state index is -0.275. The zero-order chi connectivity index (χ0) is 20.3. The summed E-state index contributed by atoms with van der Waals surface area (Å²) in [5.74, 6) is 0.185. The fourth-order valence-corrected chi connectivity index (χ4v) is 4.03. The number of thiophene rings is 1. The summed E-state index contributed by atoms with van der Waals surface area (Å²) in [5.41, 5.74) is 3.15. The van der Waals surface area contributed by atoms with E-state index in [0.29, 0.717) is 33.5 Å². The van der Waals surface area contributed by atoms with E-state index in [-0.39, 0.29) is 11.8 Å². The molecule has 3 aromatic rings. The van der Waals surface area contributed by atoms with Crippen LogP contribution in [0.1, 0.15) is 28.5 Å². The van der Waals surface area contributed by atoms with Gasteiger partial charge in [-0.3, -0.25) is 9.59 Å². The van der Waals surface area contributed by atoms with Crippen LogP contribution in [0, 0.1) is 13.8 Å². The Morgan fingerprint density at radius 2 is 1.75 bits per heavy atom. The van der Waals surface area contributed by atoms with Crippen LogP contribution in [0.2, 0.25) is 0 Å². The van der Waals surface area contributed by atoms with Crippen molar-refractivity contribution in [3.8, 4) is 10.7 Å². The predicted molar refractivity (Wildman–Crippen MR) is 115 cm³/mol. The second-order valence-corrected chi connectivity index (χ2v) is 7.85. The van der Waals surface area contributed by atoms with E-state index in [1.165, 1.54) is 18.7 Å². The first-order chi connectivity index (χ1) is 13.4. The number of nitrogens with zero attached hydrogens (tertiary/aromatic N) is 2. The van der Waals surface area contributed by atoms with Gasteiger partial charge in [0.05, 0.1) is 16.1 Å². The van der Waals surface area contributed by atoms with Gasteiger partial charge in [-0.05, 0) is 49.2 Å². The maximum absolute atomic E-state index is 13.0. The number of hydrogen-bond donors (Lipinski definition) is 2. The summed E-state index contributed by atoms with van der Waals surface area (Å²) < 4.78 is 0. The van der Waals surface area contributed by atoms with Gasteiger partial charge in [-0.15, -0.1) is 23.1 Å². The Morgan fingerprint density at radius 1 is 1.04 bits per heavy atom. The smallest absolute Gasteiger partial charge is 0.260 e. The van der Waals surface area contributed by atoms with Gasteiger partial charge in [-0.1, -0.05) is 12.1 Å². The monoisotopic (exact) mass is 412 g/mol. The van der Waals surface area contributed by atoms with Gasteiger partial charge in [0.25, 0.3) is 5.91 Å².